The molecule has 7 heteroatoms. The molecule has 1 unspecified atom stereocenters. The van der Waals surface area contributed by atoms with E-state index >= 15 is 0 Å². The van der Waals surface area contributed by atoms with Crippen LogP contribution in [-0.2, 0) is 5.41 Å². The predicted octanol–water partition coefficient (Wildman–Crippen LogP) is 6.90. The minimum absolute atomic E-state index is 0.0438. The molecule has 2 aromatic rings. The third-order valence-electron chi connectivity index (χ3n) is 8.50. The largest absolute Gasteiger partial charge is 0.491 e. The van der Waals surface area contributed by atoms with Crippen molar-refractivity contribution in [2.45, 2.75) is 136 Å². The molecule has 2 fully saturated rings. The van der Waals surface area contributed by atoms with Crippen LogP contribution in [0.3, 0.4) is 0 Å². The first-order chi connectivity index (χ1) is 19.5. The molecule has 3 heterocycles. The number of nitrogens with one attached hydrogen (secondary N) is 2. The fourth-order valence-electron chi connectivity index (χ4n) is 5.86. The van der Waals surface area contributed by atoms with E-state index in [1.54, 1.807) is 6.20 Å². The van der Waals surface area contributed by atoms with Crippen LogP contribution in [0.15, 0.2) is 36.7 Å². The van der Waals surface area contributed by atoms with Crippen LogP contribution in [0.2, 0.25) is 0 Å². The van der Waals surface area contributed by atoms with Crippen molar-refractivity contribution in [3.8, 4) is 11.6 Å². The summed E-state index contributed by atoms with van der Waals surface area (Å²) < 4.78 is 12.2. The van der Waals surface area contributed by atoms with Crippen LogP contribution < -0.4 is 25.0 Å². The van der Waals surface area contributed by atoms with Gasteiger partial charge in [-0.1, -0.05) is 34.6 Å². The summed E-state index contributed by atoms with van der Waals surface area (Å²) in [4.78, 5) is 11.6. The highest BCUT2D eigenvalue weighted by molar-refractivity contribution is 5.44. The van der Waals surface area contributed by atoms with Gasteiger partial charge in [-0.2, -0.15) is 0 Å². The van der Waals surface area contributed by atoms with Crippen LogP contribution in [0.1, 0.15) is 107 Å². The third kappa shape index (κ3) is 9.84. The van der Waals surface area contributed by atoms with Crippen molar-refractivity contribution in [2.24, 2.45) is 5.41 Å². The second-order valence-electron chi connectivity index (χ2n) is 16.2. The number of anilines is 1. The fourth-order valence-corrected chi connectivity index (χ4v) is 5.86. The Kier molecular flexibility index (Phi) is 9.83. The summed E-state index contributed by atoms with van der Waals surface area (Å²) in [5, 5.41) is 7.59. The SMILES string of the molecule is CC(C)(CCC(C)(C)NC1CCN(c2cc(C(C)(C)C)ccn2)C1)COc1ccc(O[C@H]2C[C@@H](NC(C)(C)C)C2)nc1. The fraction of sp³-hybridized carbons (Fsp3) is 0.714. The van der Waals surface area contributed by atoms with Crippen molar-refractivity contribution in [1.82, 2.24) is 20.6 Å². The van der Waals surface area contributed by atoms with Gasteiger partial charge in [0.25, 0.3) is 0 Å². The molecule has 2 aromatic heterocycles. The first kappa shape index (κ1) is 32.5. The van der Waals surface area contributed by atoms with E-state index in [0.717, 1.165) is 56.8 Å². The minimum Gasteiger partial charge on any atom is -0.491 e. The van der Waals surface area contributed by atoms with E-state index in [0.29, 0.717) is 24.6 Å². The Morgan fingerprint density at radius 3 is 2.26 bits per heavy atom. The molecular formula is C35H57N5O2. The van der Waals surface area contributed by atoms with Crippen molar-refractivity contribution in [2.75, 3.05) is 24.6 Å². The molecule has 234 valence electrons. The van der Waals surface area contributed by atoms with Crippen LogP contribution in [0, 0.1) is 5.41 Å². The normalized spacial score (nSPS) is 21.8. The molecule has 1 aliphatic heterocycles. The van der Waals surface area contributed by atoms with Crippen LogP contribution in [0.25, 0.3) is 0 Å². The quantitative estimate of drug-likeness (QED) is 0.283. The van der Waals surface area contributed by atoms with E-state index in [1.165, 1.54) is 5.56 Å². The second-order valence-corrected chi connectivity index (χ2v) is 16.2. The van der Waals surface area contributed by atoms with Gasteiger partial charge in [-0.3, -0.25) is 0 Å². The van der Waals surface area contributed by atoms with Crippen molar-refractivity contribution < 1.29 is 9.47 Å². The summed E-state index contributed by atoms with van der Waals surface area (Å²) in [5.74, 6) is 2.57. The Bertz CT molecular complexity index is 1140. The number of hydrogen-bond donors (Lipinski definition) is 2. The molecule has 42 heavy (non-hydrogen) atoms. The third-order valence-corrected chi connectivity index (χ3v) is 8.50. The monoisotopic (exact) mass is 579 g/mol. The number of ether oxygens (including phenoxy) is 2. The summed E-state index contributed by atoms with van der Waals surface area (Å²) in [7, 11) is 0. The molecule has 2 N–H and O–H groups in total. The molecular weight excluding hydrogens is 522 g/mol. The highest BCUT2D eigenvalue weighted by Gasteiger charge is 2.34. The summed E-state index contributed by atoms with van der Waals surface area (Å²) >= 11 is 0. The molecule has 2 aliphatic rings. The summed E-state index contributed by atoms with van der Waals surface area (Å²) in [6.07, 6.45) is 9.32. The lowest BCUT2D eigenvalue weighted by Crippen LogP contribution is -2.53. The van der Waals surface area contributed by atoms with Gasteiger partial charge in [-0.15, -0.1) is 0 Å². The van der Waals surface area contributed by atoms with Gasteiger partial charge in [0.2, 0.25) is 5.88 Å². The molecule has 4 rings (SSSR count). The van der Waals surface area contributed by atoms with Crippen molar-refractivity contribution >= 4 is 5.82 Å². The molecule has 1 aliphatic carbocycles. The highest BCUT2D eigenvalue weighted by Crippen LogP contribution is 2.31. The minimum atomic E-state index is 0.0438. The predicted molar refractivity (Wildman–Crippen MR) is 174 cm³/mol. The van der Waals surface area contributed by atoms with Crippen molar-refractivity contribution in [3.05, 3.63) is 42.2 Å². The summed E-state index contributed by atoms with van der Waals surface area (Å²) in [6.45, 7) is 25.3. The molecule has 0 amide bonds. The van der Waals surface area contributed by atoms with Crippen molar-refractivity contribution in [1.29, 1.82) is 0 Å². The molecule has 0 spiro atoms. The molecule has 1 atom stereocenters. The maximum atomic E-state index is 6.18. The lowest BCUT2D eigenvalue weighted by atomic mass is 9.83. The Labute approximate surface area is 255 Å². The van der Waals surface area contributed by atoms with Gasteiger partial charge >= 0.3 is 0 Å². The maximum absolute atomic E-state index is 6.18. The second kappa shape index (κ2) is 12.7. The number of nitrogens with zero attached hydrogens (tertiary/aromatic N) is 3. The van der Waals surface area contributed by atoms with Gasteiger partial charge in [-0.05, 0) is 101 Å². The first-order valence-corrected chi connectivity index (χ1v) is 16.0. The van der Waals surface area contributed by atoms with Crippen LogP contribution >= 0.6 is 0 Å². The van der Waals surface area contributed by atoms with Gasteiger partial charge in [0.05, 0.1) is 12.8 Å². The number of aromatic nitrogens is 2. The first-order valence-electron chi connectivity index (χ1n) is 16.0. The summed E-state index contributed by atoms with van der Waals surface area (Å²) in [5.41, 5.74) is 1.70. The van der Waals surface area contributed by atoms with Gasteiger partial charge in [0.1, 0.15) is 17.7 Å². The Hall–Kier alpha value is -2.38. The van der Waals surface area contributed by atoms with E-state index in [1.807, 2.05) is 18.3 Å². The van der Waals surface area contributed by atoms with E-state index in [9.17, 15) is 0 Å². The Morgan fingerprint density at radius 2 is 1.62 bits per heavy atom. The zero-order chi connectivity index (χ0) is 30.8. The molecule has 1 saturated carbocycles. The molecule has 7 nitrogen and oxygen atoms in total. The van der Waals surface area contributed by atoms with Gasteiger partial charge in [0.15, 0.2) is 0 Å². The van der Waals surface area contributed by atoms with E-state index in [2.05, 4.69) is 107 Å². The standard InChI is InChI=1S/C35H57N5O2/c1-32(2,3)25-13-17-36-30(19-25)40-18-14-26(23-40)39-35(9,10)16-15-34(7,8)24-41-28-11-12-31(37-22-28)42-29-20-27(21-29)38-33(4,5)6/h11-13,17,19,22,26-27,29,38-39H,14-16,18,20-21,23-24H2,1-10H3/t26?,27-,29+. The maximum Gasteiger partial charge on any atom is 0.213 e. The van der Waals surface area contributed by atoms with Gasteiger partial charge in [-0.25, -0.2) is 9.97 Å². The highest BCUT2D eigenvalue weighted by atomic mass is 16.5. The smallest absolute Gasteiger partial charge is 0.213 e. The average molecular weight is 580 g/mol. The summed E-state index contributed by atoms with van der Waals surface area (Å²) in [6, 6.07) is 9.31. The van der Waals surface area contributed by atoms with E-state index in [-0.39, 0.29) is 28.0 Å². The molecule has 1 saturated heterocycles. The Morgan fingerprint density at radius 1 is 0.881 bits per heavy atom. The number of rotatable bonds is 12. The number of hydrogen-bond acceptors (Lipinski definition) is 7. The van der Waals surface area contributed by atoms with Crippen molar-refractivity contribution in [3.63, 3.8) is 0 Å². The topological polar surface area (TPSA) is 71.5 Å². The average Bonchev–Trinajstić information content (AvgIpc) is 3.33. The number of pyridine rings is 2. The lowest BCUT2D eigenvalue weighted by Gasteiger charge is -2.39. The molecule has 0 radical (unpaired) electrons. The van der Waals surface area contributed by atoms with E-state index in [4.69, 9.17) is 9.47 Å². The van der Waals surface area contributed by atoms with Crippen LogP contribution in [0.5, 0.6) is 11.6 Å². The van der Waals surface area contributed by atoms with Gasteiger partial charge in [0, 0.05) is 48.5 Å². The Balaban J connectivity index is 1.17. The van der Waals surface area contributed by atoms with Crippen LogP contribution in [0.4, 0.5) is 5.82 Å². The molecule has 0 bridgehead atoms. The zero-order valence-corrected chi connectivity index (χ0v) is 28.0. The molecule has 0 aromatic carbocycles. The zero-order valence-electron chi connectivity index (χ0n) is 28.0. The lowest BCUT2D eigenvalue weighted by molar-refractivity contribution is 0.0692. The van der Waals surface area contributed by atoms with Crippen LogP contribution in [-0.4, -0.2) is 58.9 Å². The van der Waals surface area contributed by atoms with E-state index < -0.39 is 0 Å². The van der Waals surface area contributed by atoms with Gasteiger partial charge < -0.3 is 25.0 Å².